The van der Waals surface area contributed by atoms with Crippen LogP contribution in [-0.4, -0.2) is 17.8 Å². The van der Waals surface area contributed by atoms with E-state index in [1.165, 1.54) is 6.08 Å². The third-order valence-corrected chi connectivity index (χ3v) is 6.17. The molecule has 4 amide bonds. The SMILES string of the molecule is O=C1NC(=O)N(c2ccc(OCc3ccccc3)cc2)C(=O)/C1=C/c1ccc(OCc2cccc(Cl)c2)cc1. The molecule has 1 aliphatic rings. The minimum atomic E-state index is -0.815. The minimum Gasteiger partial charge on any atom is -0.489 e. The summed E-state index contributed by atoms with van der Waals surface area (Å²) in [6.07, 6.45) is 1.44. The molecule has 0 aromatic heterocycles. The molecule has 1 heterocycles. The van der Waals surface area contributed by atoms with E-state index in [1.54, 1.807) is 54.6 Å². The number of nitrogens with one attached hydrogen (secondary N) is 1. The van der Waals surface area contributed by atoms with Crippen molar-refractivity contribution in [2.24, 2.45) is 0 Å². The van der Waals surface area contributed by atoms with Crippen LogP contribution in [0.1, 0.15) is 16.7 Å². The molecule has 5 rings (SSSR count). The summed E-state index contributed by atoms with van der Waals surface area (Å²) in [6.45, 7) is 0.726. The molecule has 39 heavy (non-hydrogen) atoms. The van der Waals surface area contributed by atoms with Crippen LogP contribution in [0.4, 0.5) is 10.5 Å². The first-order valence-corrected chi connectivity index (χ1v) is 12.5. The summed E-state index contributed by atoms with van der Waals surface area (Å²) < 4.78 is 11.6. The number of imide groups is 2. The summed E-state index contributed by atoms with van der Waals surface area (Å²) in [6, 6.07) is 29.7. The number of carbonyl (C=O) groups is 3. The second kappa shape index (κ2) is 11.7. The summed E-state index contributed by atoms with van der Waals surface area (Å²) in [5, 5.41) is 2.87. The van der Waals surface area contributed by atoms with Crippen LogP contribution < -0.4 is 19.7 Å². The number of ether oxygens (including phenoxy) is 2. The van der Waals surface area contributed by atoms with Gasteiger partial charge >= 0.3 is 6.03 Å². The topological polar surface area (TPSA) is 84.9 Å². The van der Waals surface area contributed by atoms with E-state index in [2.05, 4.69) is 5.32 Å². The molecular formula is C31H23ClN2O5. The number of nitrogens with zero attached hydrogens (tertiary/aromatic N) is 1. The maximum atomic E-state index is 13.2. The van der Waals surface area contributed by atoms with E-state index in [1.807, 2.05) is 48.5 Å². The first-order valence-electron chi connectivity index (χ1n) is 12.1. The van der Waals surface area contributed by atoms with Crippen LogP contribution in [0.2, 0.25) is 5.02 Å². The standard InChI is InChI=1S/C31H23ClN2O5/c32-24-8-4-7-23(17-24)20-39-26-13-9-21(10-14-26)18-28-29(35)33-31(37)34(30(28)36)25-11-15-27(16-12-25)38-19-22-5-2-1-3-6-22/h1-18H,19-20H2,(H,33,35,37)/b28-18+. The maximum absolute atomic E-state index is 13.2. The number of hydrogen-bond donors (Lipinski definition) is 1. The molecule has 1 aliphatic heterocycles. The molecule has 0 saturated carbocycles. The van der Waals surface area contributed by atoms with Crippen molar-refractivity contribution in [2.45, 2.75) is 13.2 Å². The third-order valence-electron chi connectivity index (χ3n) is 5.93. The molecular weight excluding hydrogens is 516 g/mol. The average Bonchev–Trinajstić information content (AvgIpc) is 2.95. The fourth-order valence-electron chi connectivity index (χ4n) is 3.94. The molecule has 0 bridgehead atoms. The lowest BCUT2D eigenvalue weighted by molar-refractivity contribution is -0.122. The monoisotopic (exact) mass is 538 g/mol. The number of hydrogen-bond acceptors (Lipinski definition) is 5. The Bertz CT molecular complexity index is 1530. The van der Waals surface area contributed by atoms with Crippen LogP contribution in [0.3, 0.4) is 0 Å². The Morgan fingerprint density at radius 3 is 2.00 bits per heavy atom. The molecule has 7 nitrogen and oxygen atoms in total. The second-order valence-electron chi connectivity index (χ2n) is 8.71. The summed E-state index contributed by atoms with van der Waals surface area (Å²) in [7, 11) is 0. The molecule has 0 radical (unpaired) electrons. The third kappa shape index (κ3) is 6.34. The van der Waals surface area contributed by atoms with Gasteiger partial charge < -0.3 is 9.47 Å². The molecule has 1 N–H and O–H groups in total. The average molecular weight is 539 g/mol. The highest BCUT2D eigenvalue weighted by Crippen LogP contribution is 2.25. The number of urea groups is 1. The van der Waals surface area contributed by atoms with Crippen LogP contribution in [0, 0.1) is 0 Å². The van der Waals surface area contributed by atoms with Crippen molar-refractivity contribution in [3.05, 3.63) is 130 Å². The van der Waals surface area contributed by atoms with Crippen LogP contribution >= 0.6 is 11.6 Å². The lowest BCUT2D eigenvalue weighted by Gasteiger charge is -2.26. The van der Waals surface area contributed by atoms with E-state index in [-0.39, 0.29) is 5.57 Å². The van der Waals surface area contributed by atoms with Crippen molar-refractivity contribution in [2.75, 3.05) is 4.90 Å². The van der Waals surface area contributed by atoms with Crippen molar-refractivity contribution < 1.29 is 23.9 Å². The number of carbonyl (C=O) groups excluding carboxylic acids is 3. The van der Waals surface area contributed by atoms with Crippen molar-refractivity contribution >= 4 is 41.2 Å². The highest BCUT2D eigenvalue weighted by atomic mass is 35.5. The van der Waals surface area contributed by atoms with Crippen molar-refractivity contribution in [1.29, 1.82) is 0 Å². The fourth-order valence-corrected chi connectivity index (χ4v) is 4.16. The molecule has 0 aliphatic carbocycles. The number of barbiturate groups is 1. The molecule has 0 unspecified atom stereocenters. The van der Waals surface area contributed by atoms with Gasteiger partial charge in [-0.3, -0.25) is 14.9 Å². The number of rotatable bonds is 8. The molecule has 0 atom stereocenters. The quantitative estimate of drug-likeness (QED) is 0.214. The van der Waals surface area contributed by atoms with Gasteiger partial charge in [-0.05, 0) is 71.3 Å². The van der Waals surface area contributed by atoms with E-state index in [4.69, 9.17) is 21.1 Å². The van der Waals surface area contributed by atoms with Gasteiger partial charge in [-0.1, -0.05) is 66.2 Å². The van der Waals surface area contributed by atoms with Gasteiger partial charge in [0.05, 0.1) is 5.69 Å². The Balaban J connectivity index is 1.26. The van der Waals surface area contributed by atoms with Gasteiger partial charge in [0.15, 0.2) is 0 Å². The first kappa shape index (κ1) is 25.8. The summed E-state index contributed by atoms with van der Waals surface area (Å²) in [4.78, 5) is 39.2. The van der Waals surface area contributed by atoms with Gasteiger partial charge in [0.1, 0.15) is 30.3 Å². The van der Waals surface area contributed by atoms with Crippen LogP contribution in [0.25, 0.3) is 6.08 Å². The van der Waals surface area contributed by atoms with Crippen LogP contribution in [0.15, 0.2) is 109 Å². The lowest BCUT2D eigenvalue weighted by atomic mass is 10.1. The Morgan fingerprint density at radius 1 is 0.718 bits per heavy atom. The number of halogens is 1. The predicted octanol–water partition coefficient (Wildman–Crippen LogP) is 6.16. The van der Waals surface area contributed by atoms with E-state index in [9.17, 15) is 14.4 Å². The fraction of sp³-hybridized carbons (Fsp3) is 0.0645. The molecule has 4 aromatic carbocycles. The number of benzene rings is 4. The van der Waals surface area contributed by atoms with Gasteiger partial charge in [0, 0.05) is 5.02 Å². The smallest absolute Gasteiger partial charge is 0.335 e. The highest BCUT2D eigenvalue weighted by Gasteiger charge is 2.36. The van der Waals surface area contributed by atoms with E-state index in [0.29, 0.717) is 41.0 Å². The van der Waals surface area contributed by atoms with E-state index < -0.39 is 17.8 Å². The van der Waals surface area contributed by atoms with Gasteiger partial charge in [-0.15, -0.1) is 0 Å². The van der Waals surface area contributed by atoms with Crippen molar-refractivity contribution in [3.63, 3.8) is 0 Å². The number of amides is 4. The summed E-state index contributed by atoms with van der Waals surface area (Å²) in [5.41, 5.74) is 2.70. The summed E-state index contributed by atoms with van der Waals surface area (Å²) in [5.74, 6) is -0.284. The van der Waals surface area contributed by atoms with Gasteiger partial charge in [0.2, 0.25) is 0 Å². The van der Waals surface area contributed by atoms with Crippen LogP contribution in [0.5, 0.6) is 11.5 Å². The van der Waals surface area contributed by atoms with E-state index in [0.717, 1.165) is 16.0 Å². The van der Waals surface area contributed by atoms with E-state index >= 15 is 0 Å². The zero-order valence-corrected chi connectivity index (χ0v) is 21.4. The Kier molecular flexibility index (Phi) is 7.70. The summed E-state index contributed by atoms with van der Waals surface area (Å²) >= 11 is 6.01. The van der Waals surface area contributed by atoms with Gasteiger partial charge in [-0.2, -0.15) is 0 Å². The molecule has 1 saturated heterocycles. The zero-order valence-electron chi connectivity index (χ0n) is 20.7. The predicted molar refractivity (Wildman–Crippen MR) is 148 cm³/mol. The molecule has 194 valence electrons. The minimum absolute atomic E-state index is 0.161. The van der Waals surface area contributed by atoms with Crippen LogP contribution in [-0.2, 0) is 22.8 Å². The molecule has 0 spiro atoms. The highest BCUT2D eigenvalue weighted by molar-refractivity contribution is 6.39. The Labute approximate surface area is 230 Å². The zero-order chi connectivity index (χ0) is 27.2. The second-order valence-corrected chi connectivity index (χ2v) is 9.15. The number of anilines is 1. The lowest BCUT2D eigenvalue weighted by Crippen LogP contribution is -2.54. The normalized spacial score (nSPS) is 14.3. The molecule has 4 aromatic rings. The van der Waals surface area contributed by atoms with Gasteiger partial charge in [0.25, 0.3) is 11.8 Å². The van der Waals surface area contributed by atoms with Gasteiger partial charge in [-0.25, -0.2) is 9.69 Å². The first-order chi connectivity index (χ1) is 19.0. The largest absolute Gasteiger partial charge is 0.489 e. The molecule has 1 fully saturated rings. The Morgan fingerprint density at radius 2 is 1.33 bits per heavy atom. The van der Waals surface area contributed by atoms with Crippen molar-refractivity contribution in [3.8, 4) is 11.5 Å². The maximum Gasteiger partial charge on any atom is 0.335 e. The van der Waals surface area contributed by atoms with Crippen molar-refractivity contribution in [1.82, 2.24) is 5.32 Å². The molecule has 8 heteroatoms. The Hall–Kier alpha value is -4.88.